The lowest BCUT2D eigenvalue weighted by Crippen LogP contribution is -1.94. The van der Waals surface area contributed by atoms with Crippen molar-refractivity contribution in [1.29, 1.82) is 0 Å². The van der Waals surface area contributed by atoms with Crippen molar-refractivity contribution in [2.24, 2.45) is 7.05 Å². The Hall–Kier alpha value is -1.07. The fraction of sp³-hybridized carbons (Fsp3) is 0.111. The van der Waals surface area contributed by atoms with Gasteiger partial charge in [0.25, 0.3) is 0 Å². The minimum atomic E-state index is 0.563. The molecule has 6 heteroatoms. The van der Waals surface area contributed by atoms with Crippen LogP contribution in [0.3, 0.4) is 0 Å². The number of halogens is 2. The molecule has 0 saturated heterocycles. The van der Waals surface area contributed by atoms with E-state index in [2.05, 4.69) is 26.2 Å². The van der Waals surface area contributed by atoms with Gasteiger partial charge in [0.15, 0.2) is 0 Å². The van der Waals surface area contributed by atoms with Gasteiger partial charge in [-0.1, -0.05) is 16.8 Å². The molecule has 1 aromatic carbocycles. The maximum Gasteiger partial charge on any atom is 0.237 e. The molecule has 78 valence electrons. The van der Waals surface area contributed by atoms with Crippen LogP contribution in [0.25, 0.3) is 0 Å². The largest absolute Gasteiger partial charge is 0.438 e. The van der Waals surface area contributed by atoms with Crippen LogP contribution < -0.4 is 4.74 Å². The quantitative estimate of drug-likeness (QED) is 0.853. The summed E-state index contributed by atoms with van der Waals surface area (Å²) in [6.45, 7) is 0. The van der Waals surface area contributed by atoms with Gasteiger partial charge in [-0.05, 0) is 28.1 Å². The van der Waals surface area contributed by atoms with Gasteiger partial charge in [0.1, 0.15) is 11.9 Å². The van der Waals surface area contributed by atoms with Gasteiger partial charge in [-0.25, -0.2) is 4.68 Å². The minimum absolute atomic E-state index is 0.563. The van der Waals surface area contributed by atoms with Crippen molar-refractivity contribution in [1.82, 2.24) is 15.0 Å². The maximum atomic E-state index is 5.93. The van der Waals surface area contributed by atoms with Gasteiger partial charge in [0.05, 0.1) is 5.02 Å². The summed E-state index contributed by atoms with van der Waals surface area (Å²) in [6, 6.07) is 5.35. The Balaban J connectivity index is 2.25. The van der Waals surface area contributed by atoms with Crippen molar-refractivity contribution in [3.05, 3.63) is 33.9 Å². The Bertz CT molecular complexity index is 486. The molecule has 0 unspecified atom stereocenters. The number of hydrogen-bond acceptors (Lipinski definition) is 3. The molecule has 0 fully saturated rings. The van der Waals surface area contributed by atoms with Gasteiger partial charge >= 0.3 is 0 Å². The summed E-state index contributed by atoms with van der Waals surface area (Å²) < 4.78 is 7.89. The van der Waals surface area contributed by atoms with Crippen molar-refractivity contribution in [2.45, 2.75) is 0 Å². The molecule has 15 heavy (non-hydrogen) atoms. The van der Waals surface area contributed by atoms with Gasteiger partial charge in [0, 0.05) is 17.6 Å². The van der Waals surface area contributed by atoms with Crippen molar-refractivity contribution >= 4 is 27.5 Å². The molecule has 2 aromatic rings. The first kappa shape index (κ1) is 10.4. The Kier molecular flexibility index (Phi) is 2.93. The molecular weight excluding hydrogens is 281 g/mol. The van der Waals surface area contributed by atoms with Crippen molar-refractivity contribution < 1.29 is 4.74 Å². The average molecular weight is 289 g/mol. The normalized spacial score (nSPS) is 10.3. The first-order chi connectivity index (χ1) is 7.16. The molecule has 0 aliphatic rings. The fourth-order valence-electron chi connectivity index (χ4n) is 1.03. The number of nitrogens with zero attached hydrogens (tertiary/aromatic N) is 3. The third kappa shape index (κ3) is 2.30. The number of aromatic nitrogens is 3. The van der Waals surface area contributed by atoms with Crippen molar-refractivity contribution in [2.75, 3.05) is 0 Å². The zero-order valence-electron chi connectivity index (χ0n) is 7.82. The van der Waals surface area contributed by atoms with E-state index in [0.29, 0.717) is 16.7 Å². The number of rotatable bonds is 2. The second kappa shape index (κ2) is 4.20. The maximum absolute atomic E-state index is 5.93. The lowest BCUT2D eigenvalue weighted by molar-refractivity contribution is 0.430. The second-order valence-corrected chi connectivity index (χ2v) is 4.14. The van der Waals surface area contributed by atoms with E-state index in [-0.39, 0.29) is 0 Å². The van der Waals surface area contributed by atoms with Crippen LogP contribution in [-0.4, -0.2) is 15.0 Å². The fourth-order valence-corrected chi connectivity index (χ4v) is 1.45. The Labute approximate surface area is 99.9 Å². The average Bonchev–Trinajstić information content (AvgIpc) is 2.59. The van der Waals surface area contributed by atoms with Crippen LogP contribution >= 0.6 is 27.5 Å². The molecule has 0 aliphatic carbocycles. The first-order valence-corrected chi connectivity index (χ1v) is 5.31. The predicted molar refractivity (Wildman–Crippen MR) is 60.2 cm³/mol. The molecule has 1 heterocycles. The third-order valence-electron chi connectivity index (χ3n) is 1.79. The number of ether oxygens (including phenoxy) is 1. The predicted octanol–water partition coefficient (Wildman–Crippen LogP) is 3.02. The van der Waals surface area contributed by atoms with Crippen LogP contribution in [0.4, 0.5) is 0 Å². The van der Waals surface area contributed by atoms with Crippen molar-refractivity contribution in [3.63, 3.8) is 0 Å². The lowest BCUT2D eigenvalue weighted by Gasteiger charge is -2.05. The van der Waals surface area contributed by atoms with Crippen LogP contribution in [0.15, 0.2) is 28.9 Å². The third-order valence-corrected chi connectivity index (χ3v) is 3.02. The topological polar surface area (TPSA) is 39.9 Å². The molecule has 0 atom stereocenters. The summed E-state index contributed by atoms with van der Waals surface area (Å²) in [4.78, 5) is 0. The SMILES string of the molecule is Cn1nncc1Oc1ccc(Br)c(Cl)c1. The lowest BCUT2D eigenvalue weighted by atomic mass is 10.3. The van der Waals surface area contributed by atoms with Crippen LogP contribution in [0.1, 0.15) is 0 Å². The van der Waals surface area contributed by atoms with E-state index >= 15 is 0 Å². The highest BCUT2D eigenvalue weighted by atomic mass is 79.9. The summed E-state index contributed by atoms with van der Waals surface area (Å²) in [7, 11) is 1.75. The van der Waals surface area contributed by atoms with E-state index in [4.69, 9.17) is 16.3 Å². The van der Waals surface area contributed by atoms with Gasteiger partial charge in [-0.15, -0.1) is 5.10 Å². The summed E-state index contributed by atoms with van der Waals surface area (Å²) in [6.07, 6.45) is 1.54. The second-order valence-electron chi connectivity index (χ2n) is 2.87. The first-order valence-electron chi connectivity index (χ1n) is 4.14. The van der Waals surface area contributed by atoms with Crippen LogP contribution in [0, 0.1) is 0 Å². The molecule has 0 saturated carbocycles. The molecule has 2 rings (SSSR count). The highest BCUT2D eigenvalue weighted by Gasteiger charge is 2.04. The van der Waals surface area contributed by atoms with Crippen LogP contribution in [0.5, 0.6) is 11.6 Å². The molecule has 1 aromatic heterocycles. The van der Waals surface area contributed by atoms with Crippen molar-refractivity contribution in [3.8, 4) is 11.6 Å². The van der Waals surface area contributed by atoms with E-state index in [1.165, 1.54) is 10.9 Å². The van der Waals surface area contributed by atoms with E-state index in [1.807, 2.05) is 12.1 Å². The standard InChI is InChI=1S/C9H7BrClN3O/c1-14-9(5-12-13-14)15-6-2-3-7(10)8(11)4-6/h2-5H,1H3. The molecule has 0 radical (unpaired) electrons. The Morgan fingerprint density at radius 3 is 2.87 bits per heavy atom. The number of benzene rings is 1. The van der Waals surface area contributed by atoms with E-state index in [0.717, 1.165) is 4.47 Å². The Morgan fingerprint density at radius 1 is 1.47 bits per heavy atom. The van der Waals surface area contributed by atoms with Gasteiger partial charge in [-0.3, -0.25) is 0 Å². The van der Waals surface area contributed by atoms with Crippen LogP contribution in [-0.2, 0) is 7.05 Å². The van der Waals surface area contributed by atoms with Gasteiger partial charge < -0.3 is 4.74 Å². The molecule has 0 bridgehead atoms. The van der Waals surface area contributed by atoms with Gasteiger partial charge in [0.2, 0.25) is 5.88 Å². The molecule has 4 nitrogen and oxygen atoms in total. The Morgan fingerprint density at radius 2 is 2.27 bits per heavy atom. The minimum Gasteiger partial charge on any atom is -0.438 e. The molecule has 0 spiro atoms. The summed E-state index contributed by atoms with van der Waals surface area (Å²) in [5.41, 5.74) is 0. The van der Waals surface area contributed by atoms with E-state index < -0.39 is 0 Å². The zero-order chi connectivity index (χ0) is 10.8. The van der Waals surface area contributed by atoms with Gasteiger partial charge in [-0.2, -0.15) is 0 Å². The summed E-state index contributed by atoms with van der Waals surface area (Å²) in [5, 5.41) is 8.06. The highest BCUT2D eigenvalue weighted by Crippen LogP contribution is 2.29. The summed E-state index contributed by atoms with van der Waals surface area (Å²) >= 11 is 9.23. The smallest absolute Gasteiger partial charge is 0.237 e. The number of aryl methyl sites for hydroxylation is 1. The molecule has 0 N–H and O–H groups in total. The molecular formula is C9H7BrClN3O. The highest BCUT2D eigenvalue weighted by molar-refractivity contribution is 9.10. The number of hydrogen-bond donors (Lipinski definition) is 0. The molecule has 0 aliphatic heterocycles. The monoisotopic (exact) mass is 287 g/mol. The summed E-state index contributed by atoms with van der Waals surface area (Å²) in [5.74, 6) is 1.21. The van der Waals surface area contributed by atoms with Crippen LogP contribution in [0.2, 0.25) is 5.02 Å². The van der Waals surface area contributed by atoms with E-state index in [9.17, 15) is 0 Å². The molecule has 0 amide bonds. The zero-order valence-corrected chi connectivity index (χ0v) is 10.2. The van der Waals surface area contributed by atoms with E-state index in [1.54, 1.807) is 13.1 Å².